The zero-order valence-electron chi connectivity index (χ0n) is 18.6. The second-order valence-electron chi connectivity index (χ2n) is 7.40. The van der Waals surface area contributed by atoms with Crippen molar-refractivity contribution in [2.75, 3.05) is 14.2 Å². The van der Waals surface area contributed by atoms with Gasteiger partial charge < -0.3 is 14.4 Å². The zero-order chi connectivity index (χ0) is 22.9. The number of hydrogen-bond acceptors (Lipinski definition) is 5. The molecule has 0 heterocycles. The van der Waals surface area contributed by atoms with Crippen molar-refractivity contribution in [2.24, 2.45) is 0 Å². The average Bonchev–Trinajstić information content (AvgIpc) is 2.83. The Kier molecular flexibility index (Phi) is 7.81. The summed E-state index contributed by atoms with van der Waals surface area (Å²) in [7, 11) is 2.52. The topological polar surface area (TPSA) is 55.8 Å². The molecule has 0 saturated carbocycles. The molecule has 0 N–H and O–H groups in total. The Hall–Kier alpha value is -3.86. The van der Waals surface area contributed by atoms with Crippen LogP contribution in [0.5, 0.6) is 0 Å². The minimum atomic E-state index is -0.737. The Bertz CT molecular complexity index is 1010. The molecule has 3 aromatic carbocycles. The lowest BCUT2D eigenvalue weighted by molar-refractivity contribution is -0.144. The molecule has 0 aromatic heterocycles. The highest BCUT2D eigenvalue weighted by Crippen LogP contribution is 2.29. The third kappa shape index (κ3) is 5.64. The Labute approximate surface area is 188 Å². The van der Waals surface area contributed by atoms with Gasteiger partial charge in [0, 0.05) is 13.1 Å². The van der Waals surface area contributed by atoms with Crippen LogP contribution in [0.25, 0.3) is 5.70 Å². The Morgan fingerprint density at radius 3 is 1.53 bits per heavy atom. The number of rotatable bonds is 8. The number of benzene rings is 3. The third-order valence-corrected chi connectivity index (χ3v) is 5.09. The number of methoxy groups -OCH3 is 2. The maximum Gasteiger partial charge on any atom is 0.347 e. The van der Waals surface area contributed by atoms with Crippen molar-refractivity contribution in [1.82, 2.24) is 4.90 Å². The Balaban J connectivity index is 2.23. The molecule has 0 atom stereocenters. The predicted octanol–water partition coefficient (Wildman–Crippen LogP) is 4.75. The largest absolute Gasteiger partial charge is 0.465 e. The van der Waals surface area contributed by atoms with Crippen molar-refractivity contribution in [3.8, 4) is 0 Å². The van der Waals surface area contributed by atoms with Gasteiger partial charge in [0.1, 0.15) is 0 Å². The lowest BCUT2D eigenvalue weighted by atomic mass is 10.0. The number of nitrogens with zero attached hydrogens (tertiary/aromatic N) is 1. The van der Waals surface area contributed by atoms with E-state index in [1.807, 2.05) is 96.8 Å². The van der Waals surface area contributed by atoms with Crippen molar-refractivity contribution < 1.29 is 19.1 Å². The van der Waals surface area contributed by atoms with Gasteiger partial charge in [-0.15, -0.1) is 0 Å². The molecule has 0 unspecified atom stereocenters. The highest BCUT2D eigenvalue weighted by molar-refractivity contribution is 6.19. The van der Waals surface area contributed by atoms with Gasteiger partial charge in [-0.2, -0.15) is 0 Å². The lowest BCUT2D eigenvalue weighted by Gasteiger charge is -2.30. The number of carbonyl (C=O) groups is 2. The number of esters is 2. The normalized spacial score (nSPS) is 10.2. The summed E-state index contributed by atoms with van der Waals surface area (Å²) in [6.45, 7) is 2.95. The molecule has 0 radical (unpaired) electrons. The highest BCUT2D eigenvalue weighted by Gasteiger charge is 2.29. The van der Waals surface area contributed by atoms with Crippen LogP contribution >= 0.6 is 0 Å². The van der Waals surface area contributed by atoms with Gasteiger partial charge in [0.15, 0.2) is 5.57 Å². The van der Waals surface area contributed by atoms with Crippen LogP contribution in [0.2, 0.25) is 0 Å². The van der Waals surface area contributed by atoms with Crippen molar-refractivity contribution in [3.63, 3.8) is 0 Å². The molecule has 3 rings (SSSR count). The van der Waals surface area contributed by atoms with E-state index in [0.717, 1.165) is 22.3 Å². The van der Waals surface area contributed by atoms with Gasteiger partial charge in [-0.3, -0.25) is 0 Å². The molecule has 32 heavy (non-hydrogen) atoms. The van der Waals surface area contributed by atoms with E-state index in [4.69, 9.17) is 9.47 Å². The molecule has 0 fully saturated rings. The third-order valence-electron chi connectivity index (χ3n) is 5.09. The van der Waals surface area contributed by atoms with Crippen LogP contribution in [0, 0.1) is 6.92 Å². The maximum atomic E-state index is 12.8. The van der Waals surface area contributed by atoms with Crippen molar-refractivity contribution in [1.29, 1.82) is 0 Å². The Morgan fingerprint density at radius 2 is 1.12 bits per heavy atom. The van der Waals surface area contributed by atoms with E-state index in [1.165, 1.54) is 14.2 Å². The second-order valence-corrected chi connectivity index (χ2v) is 7.40. The monoisotopic (exact) mass is 429 g/mol. The van der Waals surface area contributed by atoms with E-state index in [2.05, 4.69) is 0 Å². The van der Waals surface area contributed by atoms with E-state index in [0.29, 0.717) is 18.8 Å². The van der Waals surface area contributed by atoms with E-state index in [-0.39, 0.29) is 5.57 Å². The summed E-state index contributed by atoms with van der Waals surface area (Å²) in [5, 5.41) is 0. The number of aryl methyl sites for hydroxylation is 1. The van der Waals surface area contributed by atoms with Gasteiger partial charge in [-0.05, 0) is 23.6 Å². The van der Waals surface area contributed by atoms with Crippen LogP contribution in [0.15, 0.2) is 90.5 Å². The summed E-state index contributed by atoms with van der Waals surface area (Å²) in [4.78, 5) is 27.6. The van der Waals surface area contributed by atoms with Crippen LogP contribution in [0.1, 0.15) is 22.3 Å². The predicted molar refractivity (Wildman–Crippen MR) is 124 cm³/mol. The van der Waals surface area contributed by atoms with Crippen LogP contribution in [0.4, 0.5) is 0 Å². The molecule has 0 bridgehead atoms. The molecular weight excluding hydrogens is 402 g/mol. The van der Waals surface area contributed by atoms with E-state index in [9.17, 15) is 9.59 Å². The minimum absolute atomic E-state index is 0.134. The summed E-state index contributed by atoms with van der Waals surface area (Å²) < 4.78 is 9.98. The molecule has 3 aromatic rings. The first-order valence-corrected chi connectivity index (χ1v) is 10.3. The summed E-state index contributed by atoms with van der Waals surface area (Å²) in [5.74, 6) is -1.47. The first kappa shape index (κ1) is 22.8. The van der Waals surface area contributed by atoms with E-state index >= 15 is 0 Å². The maximum absolute atomic E-state index is 12.8. The second kappa shape index (κ2) is 11.0. The van der Waals surface area contributed by atoms with E-state index < -0.39 is 11.9 Å². The molecule has 0 aliphatic rings. The number of carbonyl (C=O) groups excluding carboxylic acids is 2. The molecule has 0 aliphatic heterocycles. The molecule has 0 saturated heterocycles. The summed E-state index contributed by atoms with van der Waals surface area (Å²) in [6, 6.07) is 27.5. The molecule has 0 spiro atoms. The van der Waals surface area contributed by atoms with Gasteiger partial charge >= 0.3 is 11.9 Å². The fraction of sp³-hybridized carbons (Fsp3) is 0.185. The van der Waals surface area contributed by atoms with Crippen molar-refractivity contribution >= 4 is 17.6 Å². The number of hydrogen-bond donors (Lipinski definition) is 0. The average molecular weight is 430 g/mol. The molecule has 5 heteroatoms. The highest BCUT2D eigenvalue weighted by atomic mass is 16.5. The fourth-order valence-corrected chi connectivity index (χ4v) is 3.50. The summed E-state index contributed by atoms with van der Waals surface area (Å²) in [6.07, 6.45) is 0. The van der Waals surface area contributed by atoms with Crippen LogP contribution in [0.3, 0.4) is 0 Å². The summed E-state index contributed by atoms with van der Waals surface area (Å²) in [5.41, 5.74) is 4.23. The fourth-order valence-electron chi connectivity index (χ4n) is 3.50. The van der Waals surface area contributed by atoms with Crippen LogP contribution in [-0.4, -0.2) is 31.1 Å². The van der Waals surface area contributed by atoms with Gasteiger partial charge in [-0.1, -0.05) is 90.5 Å². The van der Waals surface area contributed by atoms with Crippen molar-refractivity contribution in [2.45, 2.75) is 20.0 Å². The molecule has 164 valence electrons. The van der Waals surface area contributed by atoms with E-state index in [1.54, 1.807) is 0 Å². The summed E-state index contributed by atoms with van der Waals surface area (Å²) >= 11 is 0. The standard InChI is InChI=1S/C27H27NO4/c1-20-14-16-23(17-15-20)25(24(26(29)31-2)27(30)32-3)28(18-21-10-6-4-7-11-21)19-22-12-8-5-9-13-22/h4-17H,18-19H2,1-3H3. The zero-order valence-corrected chi connectivity index (χ0v) is 18.6. The SMILES string of the molecule is COC(=O)C(C(=O)OC)=C(c1ccc(C)cc1)N(Cc1ccccc1)Cc1ccccc1. The quantitative estimate of drug-likeness (QED) is 0.224. The first-order chi connectivity index (χ1) is 15.5. The number of ether oxygens (including phenoxy) is 2. The minimum Gasteiger partial charge on any atom is -0.465 e. The van der Waals surface area contributed by atoms with Gasteiger partial charge in [0.05, 0.1) is 19.9 Å². The Morgan fingerprint density at radius 1 is 0.688 bits per heavy atom. The van der Waals surface area contributed by atoms with Gasteiger partial charge in [0.2, 0.25) is 0 Å². The molecular formula is C27H27NO4. The molecule has 0 amide bonds. The smallest absolute Gasteiger partial charge is 0.347 e. The van der Waals surface area contributed by atoms with Crippen LogP contribution in [-0.2, 0) is 32.2 Å². The molecule has 0 aliphatic carbocycles. The van der Waals surface area contributed by atoms with Gasteiger partial charge in [-0.25, -0.2) is 9.59 Å². The van der Waals surface area contributed by atoms with Crippen molar-refractivity contribution in [3.05, 3.63) is 113 Å². The van der Waals surface area contributed by atoms with Crippen LogP contribution < -0.4 is 0 Å². The van der Waals surface area contributed by atoms with Gasteiger partial charge in [0.25, 0.3) is 0 Å². The first-order valence-electron chi connectivity index (χ1n) is 10.3. The molecule has 5 nitrogen and oxygen atoms in total. The lowest BCUT2D eigenvalue weighted by Crippen LogP contribution is -2.28.